The van der Waals surface area contributed by atoms with Crippen molar-refractivity contribution in [2.75, 3.05) is 19.5 Å². The number of alkyl halides is 3. The Morgan fingerprint density at radius 1 is 0.939 bits per heavy atom. The van der Waals surface area contributed by atoms with E-state index in [4.69, 9.17) is 9.47 Å². The number of ether oxygens (including phenoxy) is 2. The molecule has 0 aromatic heterocycles. The van der Waals surface area contributed by atoms with Gasteiger partial charge in [-0.2, -0.15) is 13.2 Å². The maximum absolute atomic E-state index is 13.8. The fourth-order valence-corrected chi connectivity index (χ4v) is 2.98. The first-order valence-electron chi connectivity index (χ1n) is 9.80. The topological polar surface area (TPSA) is 67.9 Å². The minimum Gasteiger partial charge on any atom is -0.493 e. The van der Waals surface area contributed by atoms with Crippen LogP contribution >= 0.6 is 0 Å². The quantitative estimate of drug-likeness (QED) is 0.522. The second-order valence-corrected chi connectivity index (χ2v) is 6.98. The number of halogens is 3. The van der Waals surface area contributed by atoms with Crippen molar-refractivity contribution in [3.8, 4) is 11.5 Å². The minimum atomic E-state index is -4.87. The fraction of sp³-hybridized carbons (Fsp3) is 0.167. The van der Waals surface area contributed by atoms with E-state index < -0.39 is 29.2 Å². The molecule has 6 nitrogen and oxygen atoms in total. The SMILES string of the molecule is COc1cc(C(F)(F)F)c(C(=O)N(C)C(=O)Nc2ccccc2)cc1OCc1ccccc1. The second-order valence-electron chi connectivity index (χ2n) is 6.98. The Morgan fingerprint density at radius 2 is 1.55 bits per heavy atom. The van der Waals surface area contributed by atoms with Gasteiger partial charge in [0.15, 0.2) is 11.5 Å². The molecule has 0 aliphatic carbocycles. The summed E-state index contributed by atoms with van der Waals surface area (Å²) in [6.07, 6.45) is -4.87. The van der Waals surface area contributed by atoms with Crippen molar-refractivity contribution in [3.63, 3.8) is 0 Å². The molecule has 3 amide bonds. The van der Waals surface area contributed by atoms with E-state index in [1.165, 1.54) is 7.11 Å². The highest BCUT2D eigenvalue weighted by molar-refractivity contribution is 6.08. The van der Waals surface area contributed by atoms with Crippen molar-refractivity contribution in [2.45, 2.75) is 12.8 Å². The van der Waals surface area contributed by atoms with Crippen molar-refractivity contribution in [1.82, 2.24) is 4.90 Å². The Morgan fingerprint density at radius 3 is 2.12 bits per heavy atom. The number of para-hydroxylation sites is 1. The number of methoxy groups -OCH3 is 1. The zero-order valence-electron chi connectivity index (χ0n) is 17.8. The first-order valence-corrected chi connectivity index (χ1v) is 9.80. The molecule has 0 bridgehead atoms. The van der Waals surface area contributed by atoms with Gasteiger partial charge in [0, 0.05) is 12.7 Å². The van der Waals surface area contributed by atoms with Gasteiger partial charge in [-0.05, 0) is 29.8 Å². The Bertz CT molecular complexity index is 1120. The van der Waals surface area contributed by atoms with Crippen molar-refractivity contribution in [1.29, 1.82) is 0 Å². The number of rotatable bonds is 6. The van der Waals surface area contributed by atoms with E-state index in [9.17, 15) is 22.8 Å². The summed E-state index contributed by atoms with van der Waals surface area (Å²) in [5, 5.41) is 2.46. The van der Waals surface area contributed by atoms with E-state index in [1.54, 1.807) is 54.6 Å². The summed E-state index contributed by atoms with van der Waals surface area (Å²) >= 11 is 0. The first-order chi connectivity index (χ1) is 15.7. The fourth-order valence-electron chi connectivity index (χ4n) is 2.98. The Kier molecular flexibility index (Phi) is 7.22. The summed E-state index contributed by atoms with van der Waals surface area (Å²) in [7, 11) is 2.29. The maximum atomic E-state index is 13.8. The minimum absolute atomic E-state index is 0.0422. The van der Waals surface area contributed by atoms with Crippen LogP contribution in [0.3, 0.4) is 0 Å². The van der Waals surface area contributed by atoms with E-state index in [0.717, 1.165) is 18.7 Å². The molecular weight excluding hydrogens is 437 g/mol. The number of benzene rings is 3. The summed E-state index contributed by atoms with van der Waals surface area (Å²) in [4.78, 5) is 26.0. The van der Waals surface area contributed by atoms with Gasteiger partial charge in [-0.25, -0.2) is 4.79 Å². The standard InChI is InChI=1S/C24H21F3N2O4/c1-29(23(31)28-17-11-7-4-8-12-17)22(30)18-13-21(33-15-16-9-5-3-6-10-16)20(32-2)14-19(18)24(25,26)27/h3-14H,15H2,1-2H3,(H,28,31). The molecule has 0 spiro atoms. The molecule has 172 valence electrons. The lowest BCUT2D eigenvalue weighted by molar-refractivity contribution is -0.138. The molecule has 0 aliphatic heterocycles. The van der Waals surface area contributed by atoms with Crippen LogP contribution in [0.5, 0.6) is 11.5 Å². The molecule has 9 heteroatoms. The van der Waals surface area contributed by atoms with E-state index in [2.05, 4.69) is 5.32 Å². The lowest BCUT2D eigenvalue weighted by Crippen LogP contribution is -2.37. The largest absolute Gasteiger partial charge is 0.493 e. The van der Waals surface area contributed by atoms with Gasteiger partial charge in [0.1, 0.15) is 6.61 Å². The zero-order chi connectivity index (χ0) is 24.0. The van der Waals surface area contributed by atoms with Gasteiger partial charge in [0.25, 0.3) is 5.91 Å². The number of anilines is 1. The normalized spacial score (nSPS) is 10.9. The van der Waals surface area contributed by atoms with Crippen molar-refractivity contribution >= 4 is 17.6 Å². The predicted octanol–water partition coefficient (Wildman–Crippen LogP) is 5.60. The molecule has 1 N–H and O–H groups in total. The van der Waals surface area contributed by atoms with Crippen LogP contribution in [0.2, 0.25) is 0 Å². The van der Waals surface area contributed by atoms with Gasteiger partial charge in [0.2, 0.25) is 0 Å². The molecule has 0 saturated heterocycles. The van der Waals surface area contributed by atoms with Crippen LogP contribution in [0.25, 0.3) is 0 Å². The number of carbonyl (C=O) groups excluding carboxylic acids is 2. The van der Waals surface area contributed by atoms with Crippen molar-refractivity contribution < 1.29 is 32.2 Å². The number of nitrogens with zero attached hydrogens (tertiary/aromatic N) is 1. The molecular formula is C24H21F3N2O4. The maximum Gasteiger partial charge on any atom is 0.417 e. The average Bonchev–Trinajstić information content (AvgIpc) is 2.81. The van der Waals surface area contributed by atoms with Gasteiger partial charge >= 0.3 is 12.2 Å². The number of hydrogen-bond donors (Lipinski definition) is 1. The van der Waals surface area contributed by atoms with Gasteiger partial charge in [-0.3, -0.25) is 9.69 Å². The Labute approximate surface area is 188 Å². The van der Waals surface area contributed by atoms with Crippen LogP contribution in [0.15, 0.2) is 72.8 Å². The van der Waals surface area contributed by atoms with Gasteiger partial charge in [-0.1, -0.05) is 48.5 Å². The van der Waals surface area contributed by atoms with E-state index in [1.807, 2.05) is 6.07 Å². The average molecular weight is 458 g/mol. The number of carbonyl (C=O) groups is 2. The Hall–Kier alpha value is -4.01. The van der Waals surface area contributed by atoms with E-state index in [-0.39, 0.29) is 18.1 Å². The monoisotopic (exact) mass is 458 g/mol. The highest BCUT2D eigenvalue weighted by Gasteiger charge is 2.38. The third-order valence-electron chi connectivity index (χ3n) is 4.71. The second kappa shape index (κ2) is 10.1. The van der Waals surface area contributed by atoms with Crippen molar-refractivity contribution in [3.05, 3.63) is 89.5 Å². The lowest BCUT2D eigenvalue weighted by atomic mass is 10.0. The van der Waals surface area contributed by atoms with Crippen LogP contribution < -0.4 is 14.8 Å². The smallest absolute Gasteiger partial charge is 0.417 e. The molecule has 0 heterocycles. The van der Waals surface area contributed by atoms with Gasteiger partial charge in [0.05, 0.1) is 18.2 Å². The molecule has 0 unspecified atom stereocenters. The van der Waals surface area contributed by atoms with Gasteiger partial charge in [-0.15, -0.1) is 0 Å². The third-order valence-corrected chi connectivity index (χ3v) is 4.71. The molecule has 0 radical (unpaired) electrons. The van der Waals surface area contributed by atoms with Crippen LogP contribution in [-0.4, -0.2) is 31.0 Å². The summed E-state index contributed by atoms with van der Waals surface area (Å²) in [6, 6.07) is 17.9. The van der Waals surface area contributed by atoms with E-state index in [0.29, 0.717) is 16.7 Å². The Balaban J connectivity index is 1.93. The molecule has 33 heavy (non-hydrogen) atoms. The molecule has 0 atom stereocenters. The van der Waals surface area contributed by atoms with Crippen molar-refractivity contribution in [2.24, 2.45) is 0 Å². The molecule has 3 aromatic rings. The summed E-state index contributed by atoms with van der Waals surface area (Å²) in [6.45, 7) is 0.0422. The highest BCUT2D eigenvalue weighted by atomic mass is 19.4. The van der Waals surface area contributed by atoms with Crippen LogP contribution in [0.1, 0.15) is 21.5 Å². The number of imide groups is 1. The number of hydrogen-bond acceptors (Lipinski definition) is 4. The van der Waals surface area contributed by atoms with Crippen LogP contribution in [-0.2, 0) is 12.8 Å². The highest BCUT2D eigenvalue weighted by Crippen LogP contribution is 2.40. The van der Waals surface area contributed by atoms with E-state index >= 15 is 0 Å². The van der Waals surface area contributed by atoms with Crippen LogP contribution in [0.4, 0.5) is 23.7 Å². The molecule has 0 fully saturated rings. The number of nitrogens with one attached hydrogen (secondary N) is 1. The third kappa shape index (κ3) is 5.82. The zero-order valence-corrected chi connectivity index (χ0v) is 17.8. The summed E-state index contributed by atoms with van der Waals surface area (Å²) < 4.78 is 52.0. The predicted molar refractivity (Wildman–Crippen MR) is 116 cm³/mol. The van der Waals surface area contributed by atoms with Crippen LogP contribution in [0, 0.1) is 0 Å². The number of urea groups is 1. The van der Waals surface area contributed by atoms with Gasteiger partial charge < -0.3 is 14.8 Å². The summed E-state index contributed by atoms with van der Waals surface area (Å²) in [5.41, 5.74) is -0.820. The first kappa shape index (κ1) is 23.6. The number of amides is 3. The molecule has 0 aliphatic rings. The lowest BCUT2D eigenvalue weighted by Gasteiger charge is -2.21. The molecule has 3 aromatic carbocycles. The molecule has 3 rings (SSSR count). The summed E-state index contributed by atoms with van der Waals surface area (Å²) in [5.74, 6) is -1.40. The molecule has 0 saturated carbocycles.